The van der Waals surface area contributed by atoms with E-state index < -0.39 is 11.9 Å². The lowest BCUT2D eigenvalue weighted by Crippen LogP contribution is -2.17. The number of carboxylic acid groups (broad SMARTS) is 1. The molecule has 1 unspecified atom stereocenters. The molecule has 1 aromatic rings. The second-order valence-electron chi connectivity index (χ2n) is 3.65. The number of hydrogen-bond acceptors (Lipinski definition) is 2. The Hall–Kier alpha value is -1.51. The largest absolute Gasteiger partial charge is 0.508 e. The molecule has 0 fully saturated rings. The van der Waals surface area contributed by atoms with Gasteiger partial charge in [0.1, 0.15) is 5.75 Å². The van der Waals surface area contributed by atoms with Gasteiger partial charge >= 0.3 is 5.97 Å². The highest BCUT2D eigenvalue weighted by Crippen LogP contribution is 2.25. The van der Waals surface area contributed by atoms with Gasteiger partial charge in [0.15, 0.2) is 0 Å². The van der Waals surface area contributed by atoms with E-state index in [-0.39, 0.29) is 11.7 Å². The van der Waals surface area contributed by atoms with Crippen LogP contribution in [0.25, 0.3) is 0 Å². The van der Waals surface area contributed by atoms with Gasteiger partial charge in [0.05, 0.1) is 5.92 Å². The lowest BCUT2D eigenvalue weighted by atomic mass is 9.89. The molecule has 1 aromatic carbocycles. The lowest BCUT2D eigenvalue weighted by molar-refractivity contribution is -0.139. The molecule has 0 aliphatic rings. The minimum absolute atomic E-state index is 0.0389. The molecular formula is C11H14O3. The van der Waals surface area contributed by atoms with E-state index in [0.717, 1.165) is 5.56 Å². The molecule has 14 heavy (non-hydrogen) atoms. The number of hydrogen-bond donors (Lipinski definition) is 2. The molecule has 1 rings (SSSR count). The molecule has 0 heterocycles. The molecule has 0 aliphatic heterocycles. The number of benzene rings is 1. The van der Waals surface area contributed by atoms with Crippen LogP contribution < -0.4 is 0 Å². The van der Waals surface area contributed by atoms with Gasteiger partial charge in [0.25, 0.3) is 0 Å². The molecule has 0 amide bonds. The van der Waals surface area contributed by atoms with E-state index in [1.807, 2.05) is 13.8 Å². The average Bonchev–Trinajstić information content (AvgIpc) is 2.07. The number of aromatic hydroxyl groups is 1. The Morgan fingerprint density at radius 3 is 2.07 bits per heavy atom. The highest BCUT2D eigenvalue weighted by atomic mass is 16.4. The van der Waals surface area contributed by atoms with Crippen molar-refractivity contribution in [2.75, 3.05) is 0 Å². The van der Waals surface area contributed by atoms with E-state index in [1.165, 1.54) is 12.1 Å². The van der Waals surface area contributed by atoms with E-state index in [1.54, 1.807) is 12.1 Å². The summed E-state index contributed by atoms with van der Waals surface area (Å²) < 4.78 is 0. The third-order valence-corrected chi connectivity index (χ3v) is 2.18. The van der Waals surface area contributed by atoms with Gasteiger partial charge in [-0.1, -0.05) is 26.0 Å². The minimum Gasteiger partial charge on any atom is -0.508 e. The zero-order chi connectivity index (χ0) is 10.7. The number of phenols is 1. The minimum atomic E-state index is -0.828. The van der Waals surface area contributed by atoms with Crippen LogP contribution in [0.3, 0.4) is 0 Å². The smallest absolute Gasteiger partial charge is 0.311 e. The van der Waals surface area contributed by atoms with Crippen molar-refractivity contribution >= 4 is 5.97 Å². The van der Waals surface area contributed by atoms with Crippen LogP contribution in [0.15, 0.2) is 24.3 Å². The maximum absolute atomic E-state index is 11.0. The molecule has 0 saturated heterocycles. The maximum atomic E-state index is 11.0. The van der Waals surface area contributed by atoms with E-state index in [0.29, 0.717) is 0 Å². The summed E-state index contributed by atoms with van der Waals surface area (Å²) in [4.78, 5) is 11.0. The number of carboxylic acids is 1. The maximum Gasteiger partial charge on any atom is 0.311 e. The van der Waals surface area contributed by atoms with E-state index in [2.05, 4.69) is 0 Å². The Bertz CT molecular complexity index is 314. The Kier molecular flexibility index (Phi) is 3.12. The topological polar surface area (TPSA) is 57.5 Å². The predicted molar refractivity (Wildman–Crippen MR) is 53.3 cm³/mol. The molecule has 76 valence electrons. The molecule has 0 saturated carbocycles. The molecule has 3 nitrogen and oxygen atoms in total. The van der Waals surface area contributed by atoms with Crippen molar-refractivity contribution in [1.29, 1.82) is 0 Å². The molecule has 0 spiro atoms. The average molecular weight is 194 g/mol. The van der Waals surface area contributed by atoms with Crippen molar-refractivity contribution in [3.63, 3.8) is 0 Å². The van der Waals surface area contributed by atoms with Crippen molar-refractivity contribution in [2.45, 2.75) is 19.8 Å². The van der Waals surface area contributed by atoms with Crippen LogP contribution in [0.2, 0.25) is 0 Å². The van der Waals surface area contributed by atoms with Crippen LogP contribution >= 0.6 is 0 Å². The van der Waals surface area contributed by atoms with Gasteiger partial charge in [-0.2, -0.15) is 0 Å². The van der Waals surface area contributed by atoms with Gasteiger partial charge in [-0.3, -0.25) is 4.79 Å². The van der Waals surface area contributed by atoms with Crippen LogP contribution in [-0.4, -0.2) is 16.2 Å². The molecular weight excluding hydrogens is 180 g/mol. The Morgan fingerprint density at radius 2 is 1.71 bits per heavy atom. The van der Waals surface area contributed by atoms with Crippen LogP contribution in [-0.2, 0) is 4.79 Å². The monoisotopic (exact) mass is 194 g/mol. The first kappa shape index (κ1) is 10.6. The first-order valence-corrected chi connectivity index (χ1v) is 4.54. The number of aliphatic carboxylic acids is 1. The second-order valence-corrected chi connectivity index (χ2v) is 3.65. The predicted octanol–water partition coefficient (Wildman–Crippen LogP) is 2.22. The molecule has 0 bridgehead atoms. The van der Waals surface area contributed by atoms with Crippen molar-refractivity contribution in [3.05, 3.63) is 29.8 Å². The summed E-state index contributed by atoms with van der Waals surface area (Å²) >= 11 is 0. The Balaban J connectivity index is 3.00. The molecule has 1 atom stereocenters. The molecule has 3 heteroatoms. The third kappa shape index (κ3) is 2.25. The summed E-state index contributed by atoms with van der Waals surface area (Å²) in [6.07, 6.45) is 0. The van der Waals surface area contributed by atoms with Crippen LogP contribution in [0.4, 0.5) is 0 Å². The summed E-state index contributed by atoms with van der Waals surface area (Å²) in [7, 11) is 0. The van der Waals surface area contributed by atoms with Gasteiger partial charge in [-0.05, 0) is 23.6 Å². The number of carbonyl (C=O) groups is 1. The summed E-state index contributed by atoms with van der Waals surface area (Å²) in [6, 6.07) is 6.31. The van der Waals surface area contributed by atoms with Crippen molar-refractivity contribution in [3.8, 4) is 5.75 Å². The van der Waals surface area contributed by atoms with Gasteiger partial charge < -0.3 is 10.2 Å². The van der Waals surface area contributed by atoms with Crippen molar-refractivity contribution < 1.29 is 15.0 Å². The van der Waals surface area contributed by atoms with Gasteiger partial charge in [-0.15, -0.1) is 0 Å². The van der Waals surface area contributed by atoms with Gasteiger partial charge in [-0.25, -0.2) is 0 Å². The van der Waals surface area contributed by atoms with Crippen molar-refractivity contribution in [1.82, 2.24) is 0 Å². The standard InChI is InChI=1S/C11H14O3/c1-7(2)10(11(13)14)8-3-5-9(12)6-4-8/h3-7,10,12H,1-2H3,(H,13,14). The highest BCUT2D eigenvalue weighted by Gasteiger charge is 2.23. The second kappa shape index (κ2) is 4.13. The molecule has 0 radical (unpaired) electrons. The van der Waals surface area contributed by atoms with Crippen molar-refractivity contribution in [2.24, 2.45) is 5.92 Å². The molecule has 2 N–H and O–H groups in total. The summed E-state index contributed by atoms with van der Waals surface area (Å²) in [5.41, 5.74) is 0.727. The van der Waals surface area contributed by atoms with E-state index >= 15 is 0 Å². The van der Waals surface area contributed by atoms with E-state index in [9.17, 15) is 4.79 Å². The van der Waals surface area contributed by atoms with Gasteiger partial charge in [0.2, 0.25) is 0 Å². The first-order valence-electron chi connectivity index (χ1n) is 4.54. The molecule has 0 aliphatic carbocycles. The van der Waals surface area contributed by atoms with Crippen LogP contribution in [0.5, 0.6) is 5.75 Å². The van der Waals surface area contributed by atoms with Crippen LogP contribution in [0, 0.1) is 5.92 Å². The number of rotatable bonds is 3. The fraction of sp³-hybridized carbons (Fsp3) is 0.364. The zero-order valence-electron chi connectivity index (χ0n) is 8.27. The number of phenolic OH excluding ortho intramolecular Hbond substituents is 1. The fourth-order valence-electron chi connectivity index (χ4n) is 1.49. The summed E-state index contributed by atoms with van der Waals surface area (Å²) in [6.45, 7) is 3.73. The third-order valence-electron chi connectivity index (χ3n) is 2.18. The quantitative estimate of drug-likeness (QED) is 0.775. The normalized spacial score (nSPS) is 12.8. The zero-order valence-corrected chi connectivity index (χ0v) is 8.27. The summed E-state index contributed by atoms with van der Waals surface area (Å²) in [5.74, 6) is -1.14. The van der Waals surface area contributed by atoms with Gasteiger partial charge in [0, 0.05) is 0 Å². The van der Waals surface area contributed by atoms with E-state index in [4.69, 9.17) is 10.2 Å². The van der Waals surface area contributed by atoms with Crippen LogP contribution in [0.1, 0.15) is 25.3 Å². The fourth-order valence-corrected chi connectivity index (χ4v) is 1.49. The highest BCUT2D eigenvalue weighted by molar-refractivity contribution is 5.76. The first-order chi connectivity index (χ1) is 6.52. The Morgan fingerprint density at radius 1 is 1.21 bits per heavy atom. The summed E-state index contributed by atoms with van der Waals surface area (Å²) in [5, 5.41) is 18.1. The Labute approximate surface area is 83.0 Å². The lowest BCUT2D eigenvalue weighted by Gasteiger charge is -2.16. The molecule has 0 aromatic heterocycles. The SMILES string of the molecule is CC(C)C(C(=O)O)c1ccc(O)cc1.